The van der Waals surface area contributed by atoms with Crippen LogP contribution in [0.2, 0.25) is 0 Å². The molecule has 0 aromatic heterocycles. The molecule has 2 saturated heterocycles. The van der Waals surface area contributed by atoms with Gasteiger partial charge in [-0.2, -0.15) is 0 Å². The third-order valence-electron chi connectivity index (χ3n) is 14.0. The number of carbonyl (C=O) groups excluding carboxylic acids is 6. The highest BCUT2D eigenvalue weighted by Gasteiger charge is 2.43. The van der Waals surface area contributed by atoms with Gasteiger partial charge in [0.25, 0.3) is 12.9 Å². The second kappa shape index (κ2) is 31.3. The van der Waals surface area contributed by atoms with Crippen molar-refractivity contribution >= 4 is 71.3 Å². The summed E-state index contributed by atoms with van der Waals surface area (Å²) in [6.45, 7) is 3.68. The molecule has 2 aliphatic heterocycles. The van der Waals surface area contributed by atoms with Crippen molar-refractivity contribution in [3.05, 3.63) is 48.0 Å². The predicted molar refractivity (Wildman–Crippen MR) is 273 cm³/mol. The third-order valence-corrected chi connectivity index (χ3v) is 14.0. The molecule has 3 aliphatic rings. The van der Waals surface area contributed by atoms with Crippen molar-refractivity contribution in [2.75, 3.05) is 105 Å². The van der Waals surface area contributed by atoms with E-state index in [0.29, 0.717) is 104 Å². The van der Waals surface area contributed by atoms with E-state index in [2.05, 4.69) is 21.3 Å². The average Bonchev–Trinajstić information content (AvgIpc) is 3.39. The number of hydrogen-bond acceptors (Lipinski definition) is 17. The summed E-state index contributed by atoms with van der Waals surface area (Å²) in [7, 11) is 0. The van der Waals surface area contributed by atoms with E-state index in [1.807, 2.05) is 52.3 Å². The Kier molecular flexibility index (Phi) is 24.7. The van der Waals surface area contributed by atoms with Gasteiger partial charge >= 0.3 is 29.9 Å². The number of nitrogens with zero attached hydrogens (tertiary/aromatic N) is 5. The molecule has 26 heteroatoms. The first-order chi connectivity index (χ1) is 36.9. The molecular formula is C51H73N9O17. The molecule has 26 nitrogen and oxygen atoms in total. The maximum atomic E-state index is 14.1. The molecule has 1 spiro atoms. The zero-order chi connectivity index (χ0) is 55.7. The minimum absolute atomic E-state index is 0.0244. The molecule has 2 aromatic carbocycles. The van der Waals surface area contributed by atoms with Gasteiger partial charge in [0.05, 0.1) is 31.8 Å². The lowest BCUT2D eigenvalue weighted by Gasteiger charge is -2.46. The molecule has 0 radical (unpaired) electrons. The van der Waals surface area contributed by atoms with Crippen LogP contribution in [-0.2, 0) is 63.8 Å². The van der Waals surface area contributed by atoms with Crippen LogP contribution in [-0.4, -0.2) is 234 Å². The van der Waals surface area contributed by atoms with Gasteiger partial charge in [0.1, 0.15) is 18.8 Å². The van der Waals surface area contributed by atoms with Gasteiger partial charge in [-0.05, 0) is 61.3 Å². The summed E-state index contributed by atoms with van der Waals surface area (Å²) in [5.41, 5.74) is 0.118. The molecular weight excluding hydrogens is 1010 g/mol. The van der Waals surface area contributed by atoms with Gasteiger partial charge in [0, 0.05) is 97.2 Å². The SMILES string of the molecule is O=COCN1CCN(CC(=O)O)CCN(CC(=O)O)CCN(CC(=O)N2CCOC3(CCC(C(=O)N[C@@H](Cc4ccc5ccccc5c4)C(=O)NCCCC[C@H](NC(=O)N[C@@H](CCC(=O)O)C(=O)O)OC=O)CC3)C2)CC1. The summed E-state index contributed by atoms with van der Waals surface area (Å²) < 4.78 is 16.4. The lowest BCUT2D eigenvalue weighted by atomic mass is 9.77. The van der Waals surface area contributed by atoms with E-state index in [9.17, 15) is 63.3 Å². The Hall–Kier alpha value is -7.00. The summed E-state index contributed by atoms with van der Waals surface area (Å²) in [4.78, 5) is 132. The summed E-state index contributed by atoms with van der Waals surface area (Å²) in [6.07, 6.45) is 0.771. The molecule has 1 saturated carbocycles. The second-order valence-electron chi connectivity index (χ2n) is 19.6. The van der Waals surface area contributed by atoms with Crippen LogP contribution in [0.3, 0.4) is 0 Å². The predicted octanol–water partition coefficient (Wildman–Crippen LogP) is -0.421. The van der Waals surface area contributed by atoms with E-state index in [1.165, 1.54) is 0 Å². The number of amides is 5. The Morgan fingerprint density at radius 2 is 1.31 bits per heavy atom. The van der Waals surface area contributed by atoms with Gasteiger partial charge in [0.2, 0.25) is 17.7 Å². The monoisotopic (exact) mass is 1080 g/mol. The number of carboxylic acid groups (broad SMARTS) is 4. The molecule has 3 fully saturated rings. The minimum Gasteiger partial charge on any atom is -0.481 e. The fourth-order valence-corrected chi connectivity index (χ4v) is 9.76. The van der Waals surface area contributed by atoms with E-state index < -0.39 is 72.1 Å². The lowest BCUT2D eigenvalue weighted by molar-refractivity contribution is -0.161. The van der Waals surface area contributed by atoms with Crippen molar-refractivity contribution < 1.29 is 82.6 Å². The Labute approximate surface area is 445 Å². The van der Waals surface area contributed by atoms with E-state index in [0.717, 1.165) is 16.3 Å². The topological polar surface area (TPSA) is 344 Å². The van der Waals surface area contributed by atoms with Crippen LogP contribution in [0, 0.1) is 5.92 Å². The molecule has 2 aromatic rings. The number of nitrogens with one attached hydrogen (secondary N) is 4. The summed E-state index contributed by atoms with van der Waals surface area (Å²) in [5.74, 6) is -6.07. The summed E-state index contributed by atoms with van der Waals surface area (Å²) in [5, 5.41) is 49.8. The molecule has 0 unspecified atom stereocenters. The van der Waals surface area contributed by atoms with Gasteiger partial charge in [0.15, 0.2) is 6.23 Å². The number of carbonyl (C=O) groups is 10. The van der Waals surface area contributed by atoms with Gasteiger partial charge in [-0.15, -0.1) is 0 Å². The Morgan fingerprint density at radius 1 is 0.688 bits per heavy atom. The number of urea groups is 1. The number of morpholine rings is 1. The summed E-state index contributed by atoms with van der Waals surface area (Å²) >= 11 is 0. The van der Waals surface area contributed by atoms with Gasteiger partial charge in [-0.25, -0.2) is 9.59 Å². The molecule has 424 valence electrons. The highest BCUT2D eigenvalue weighted by molar-refractivity contribution is 5.89. The van der Waals surface area contributed by atoms with Crippen molar-refractivity contribution in [2.24, 2.45) is 5.92 Å². The van der Waals surface area contributed by atoms with E-state index in [-0.39, 0.29) is 83.6 Å². The van der Waals surface area contributed by atoms with Gasteiger partial charge in [-0.1, -0.05) is 42.5 Å². The normalized spacial score (nSPS) is 20.5. The number of hydrogen-bond donors (Lipinski definition) is 8. The molecule has 77 heavy (non-hydrogen) atoms. The summed E-state index contributed by atoms with van der Waals surface area (Å²) in [6, 6.07) is 10.1. The lowest BCUT2D eigenvalue weighted by Crippen LogP contribution is -2.58. The first-order valence-electron chi connectivity index (χ1n) is 25.9. The zero-order valence-corrected chi connectivity index (χ0v) is 43.2. The number of aliphatic carboxylic acids is 4. The maximum absolute atomic E-state index is 14.1. The Bertz CT molecular complexity index is 2340. The molecule has 3 atom stereocenters. The van der Waals surface area contributed by atoms with Crippen molar-refractivity contribution in [1.29, 1.82) is 0 Å². The Balaban J connectivity index is 1.17. The Morgan fingerprint density at radius 3 is 1.91 bits per heavy atom. The first-order valence-corrected chi connectivity index (χ1v) is 25.9. The van der Waals surface area contributed by atoms with Crippen LogP contribution in [0.15, 0.2) is 42.5 Å². The van der Waals surface area contributed by atoms with E-state index in [1.54, 1.807) is 14.7 Å². The number of rotatable bonds is 27. The van der Waals surface area contributed by atoms with Crippen molar-refractivity contribution in [3.63, 3.8) is 0 Å². The average molecular weight is 1080 g/mol. The highest BCUT2D eigenvalue weighted by atomic mass is 16.5. The smallest absolute Gasteiger partial charge is 0.326 e. The standard InChI is InChI=1S/C51H73N9O17/c61-34-75-33-59-23-21-56(17-18-57(30-45(66)67)19-20-58(22-24-59)31-46(68)69)29-43(63)60-25-26-77-51(32-60)14-12-38(13-15-51)47(70)53-41(28-36-8-9-37-5-1-2-6-39(37)27-36)48(71)52-16-4-3-7-42(76-35-62)55-50(74)54-40(49(72)73)10-11-44(64)65/h1-2,5-6,8-9,27,34-35,38,40-42H,3-4,7,10-26,28-33H2,(H,52,71)(H,53,70)(H,64,65)(H,66,67)(H,68,69)(H,72,73)(H2,54,55,74)/t38?,40-,41-,42+,51?/m0/s1. The van der Waals surface area contributed by atoms with Crippen LogP contribution in [0.5, 0.6) is 0 Å². The molecule has 5 rings (SSSR count). The second-order valence-corrected chi connectivity index (χ2v) is 19.6. The fraction of sp³-hybridized carbons (Fsp3) is 0.608. The number of fused-ring (bicyclic) bond motifs is 1. The fourth-order valence-electron chi connectivity index (χ4n) is 9.76. The number of benzene rings is 2. The molecule has 5 amide bonds. The van der Waals surface area contributed by atoms with Crippen LogP contribution in [0.4, 0.5) is 4.79 Å². The molecule has 8 N–H and O–H groups in total. The van der Waals surface area contributed by atoms with E-state index >= 15 is 0 Å². The number of ether oxygens (including phenoxy) is 3. The van der Waals surface area contributed by atoms with E-state index in [4.69, 9.17) is 19.3 Å². The van der Waals surface area contributed by atoms with Crippen LogP contribution in [0.1, 0.15) is 63.4 Å². The van der Waals surface area contributed by atoms with Gasteiger partial charge < -0.3 is 60.8 Å². The third kappa shape index (κ3) is 21.2. The number of unbranched alkanes of at least 4 members (excludes halogenated alkanes) is 1. The van der Waals surface area contributed by atoms with Crippen LogP contribution in [0.25, 0.3) is 10.8 Å². The first kappa shape index (κ1) is 60.9. The molecule has 0 bridgehead atoms. The van der Waals surface area contributed by atoms with Crippen LogP contribution < -0.4 is 21.3 Å². The molecule has 1 aliphatic carbocycles. The van der Waals surface area contributed by atoms with Crippen molar-refractivity contribution in [3.8, 4) is 0 Å². The van der Waals surface area contributed by atoms with Crippen molar-refractivity contribution in [1.82, 2.24) is 45.8 Å². The van der Waals surface area contributed by atoms with Crippen LogP contribution >= 0.6 is 0 Å². The zero-order valence-electron chi connectivity index (χ0n) is 43.2. The minimum atomic E-state index is -1.50. The quantitative estimate of drug-likeness (QED) is 0.0320. The highest BCUT2D eigenvalue weighted by Crippen LogP contribution is 2.37. The largest absolute Gasteiger partial charge is 0.481 e. The van der Waals surface area contributed by atoms with Crippen molar-refractivity contribution in [2.45, 2.75) is 88.1 Å². The van der Waals surface area contributed by atoms with Gasteiger partial charge in [-0.3, -0.25) is 58.0 Å². The molecule has 2 heterocycles. The maximum Gasteiger partial charge on any atom is 0.326 e. The number of carboxylic acids is 4.